The van der Waals surface area contributed by atoms with Crippen molar-refractivity contribution in [2.45, 2.75) is 65.8 Å². The van der Waals surface area contributed by atoms with Gasteiger partial charge in [-0.1, -0.05) is 64.8 Å². The average Bonchev–Trinajstić information content (AvgIpc) is 2.97. The fourth-order valence-electron chi connectivity index (χ4n) is 4.70. The highest BCUT2D eigenvalue weighted by Gasteiger charge is 2.42. The third kappa shape index (κ3) is 3.85. The summed E-state index contributed by atoms with van der Waals surface area (Å²) < 4.78 is 0. The van der Waals surface area contributed by atoms with Crippen LogP contribution >= 0.6 is 0 Å². The monoisotopic (exact) mass is 328 g/mol. The normalized spacial score (nSPS) is 21.9. The van der Waals surface area contributed by atoms with Crippen LogP contribution in [0, 0.1) is 18.3 Å². The lowest BCUT2D eigenvalue weighted by Gasteiger charge is -2.38. The van der Waals surface area contributed by atoms with Crippen LogP contribution < -0.4 is 5.32 Å². The Morgan fingerprint density at radius 3 is 2.50 bits per heavy atom. The second kappa shape index (κ2) is 8.20. The van der Waals surface area contributed by atoms with E-state index in [9.17, 15) is 0 Å². The molecule has 2 rings (SSSR count). The van der Waals surface area contributed by atoms with Gasteiger partial charge < -0.3 is 5.32 Å². The van der Waals surface area contributed by atoms with E-state index in [0.29, 0.717) is 11.5 Å². The molecule has 0 spiro atoms. The number of benzene rings is 1. The third-order valence-corrected chi connectivity index (χ3v) is 6.41. The van der Waals surface area contributed by atoms with E-state index in [1.165, 1.54) is 49.9 Å². The SMILES string of the molecule is C=C(Nc1ccccc1C)C1CC(C(CC)(CC)CCC)CN1C. The van der Waals surface area contributed by atoms with Gasteiger partial charge in [-0.2, -0.15) is 0 Å². The lowest BCUT2D eigenvalue weighted by atomic mass is 9.67. The van der Waals surface area contributed by atoms with Crippen molar-refractivity contribution in [3.8, 4) is 0 Å². The number of nitrogens with zero attached hydrogens (tertiary/aromatic N) is 1. The molecule has 2 nitrogen and oxygen atoms in total. The summed E-state index contributed by atoms with van der Waals surface area (Å²) in [6.07, 6.45) is 6.45. The molecule has 1 saturated heterocycles. The maximum Gasteiger partial charge on any atom is 0.0492 e. The van der Waals surface area contributed by atoms with E-state index in [1.54, 1.807) is 0 Å². The molecule has 1 fully saturated rings. The molecule has 134 valence electrons. The Kier molecular flexibility index (Phi) is 6.51. The molecular formula is C22H36N2. The summed E-state index contributed by atoms with van der Waals surface area (Å²) in [6.45, 7) is 14.8. The summed E-state index contributed by atoms with van der Waals surface area (Å²) in [5.41, 5.74) is 4.11. The minimum Gasteiger partial charge on any atom is -0.358 e. The summed E-state index contributed by atoms with van der Waals surface area (Å²) in [4.78, 5) is 2.51. The molecule has 1 N–H and O–H groups in total. The van der Waals surface area contributed by atoms with Crippen LogP contribution in [-0.2, 0) is 0 Å². The fraction of sp³-hybridized carbons (Fsp3) is 0.636. The molecule has 1 aromatic carbocycles. The summed E-state index contributed by atoms with van der Waals surface area (Å²) >= 11 is 0. The van der Waals surface area contributed by atoms with Crippen molar-refractivity contribution in [3.05, 3.63) is 42.1 Å². The summed E-state index contributed by atoms with van der Waals surface area (Å²) in [5, 5.41) is 3.59. The first-order valence-electron chi connectivity index (χ1n) is 9.69. The predicted octanol–water partition coefficient (Wildman–Crippen LogP) is 5.85. The number of likely N-dealkylation sites (N-methyl/N-ethyl adjacent to an activating group) is 1. The van der Waals surface area contributed by atoms with Gasteiger partial charge in [0.25, 0.3) is 0 Å². The first kappa shape index (κ1) is 19.1. The zero-order valence-electron chi connectivity index (χ0n) is 16.4. The molecule has 1 aromatic rings. The molecule has 0 saturated carbocycles. The van der Waals surface area contributed by atoms with E-state index in [1.807, 2.05) is 0 Å². The number of likely N-dealkylation sites (tertiary alicyclic amines) is 1. The Labute approximate surface area is 149 Å². The number of nitrogens with one attached hydrogen (secondary N) is 1. The van der Waals surface area contributed by atoms with Gasteiger partial charge in [0, 0.05) is 24.0 Å². The highest BCUT2D eigenvalue weighted by Crippen LogP contribution is 2.46. The van der Waals surface area contributed by atoms with Gasteiger partial charge in [0.15, 0.2) is 0 Å². The number of para-hydroxylation sites is 1. The number of hydrogen-bond acceptors (Lipinski definition) is 2. The van der Waals surface area contributed by atoms with Gasteiger partial charge in [-0.05, 0) is 49.8 Å². The molecule has 0 aliphatic carbocycles. The summed E-state index contributed by atoms with van der Waals surface area (Å²) in [5.74, 6) is 0.776. The van der Waals surface area contributed by atoms with E-state index < -0.39 is 0 Å². The van der Waals surface area contributed by atoms with Crippen LogP contribution in [-0.4, -0.2) is 24.5 Å². The minimum atomic E-state index is 0.434. The summed E-state index contributed by atoms with van der Waals surface area (Å²) in [7, 11) is 2.26. The van der Waals surface area contributed by atoms with Crippen molar-refractivity contribution in [2.24, 2.45) is 11.3 Å². The highest BCUT2D eigenvalue weighted by atomic mass is 15.2. The molecule has 1 heterocycles. The molecule has 2 unspecified atom stereocenters. The van der Waals surface area contributed by atoms with Gasteiger partial charge in [-0.25, -0.2) is 0 Å². The van der Waals surface area contributed by atoms with Crippen molar-refractivity contribution in [3.63, 3.8) is 0 Å². The Bertz CT molecular complexity index is 545. The largest absolute Gasteiger partial charge is 0.358 e. The van der Waals surface area contributed by atoms with E-state index in [0.717, 1.165) is 11.6 Å². The van der Waals surface area contributed by atoms with E-state index in [4.69, 9.17) is 0 Å². The molecule has 0 aromatic heterocycles. The molecule has 1 aliphatic heterocycles. The number of anilines is 1. The number of rotatable bonds is 8. The first-order valence-corrected chi connectivity index (χ1v) is 9.69. The van der Waals surface area contributed by atoms with E-state index in [-0.39, 0.29) is 0 Å². The molecule has 0 amide bonds. The van der Waals surface area contributed by atoms with Gasteiger partial charge in [-0.15, -0.1) is 0 Å². The first-order chi connectivity index (χ1) is 11.5. The van der Waals surface area contributed by atoms with Crippen LogP contribution in [0.5, 0.6) is 0 Å². The predicted molar refractivity (Wildman–Crippen MR) is 106 cm³/mol. The number of aryl methyl sites for hydroxylation is 1. The topological polar surface area (TPSA) is 15.3 Å². The van der Waals surface area contributed by atoms with Crippen LogP contribution in [0.2, 0.25) is 0 Å². The smallest absolute Gasteiger partial charge is 0.0492 e. The molecular weight excluding hydrogens is 292 g/mol. The maximum atomic E-state index is 4.38. The van der Waals surface area contributed by atoms with Gasteiger partial charge in [0.2, 0.25) is 0 Å². The molecule has 24 heavy (non-hydrogen) atoms. The molecule has 0 bridgehead atoms. The Hall–Kier alpha value is -1.28. The Morgan fingerprint density at radius 2 is 1.92 bits per heavy atom. The third-order valence-electron chi connectivity index (χ3n) is 6.41. The van der Waals surface area contributed by atoms with E-state index >= 15 is 0 Å². The molecule has 2 atom stereocenters. The molecule has 1 aliphatic rings. The Morgan fingerprint density at radius 1 is 1.25 bits per heavy atom. The van der Waals surface area contributed by atoms with Gasteiger partial charge in [0.05, 0.1) is 0 Å². The van der Waals surface area contributed by atoms with Crippen molar-refractivity contribution in [2.75, 3.05) is 18.9 Å². The standard InChI is InChI=1S/C22H36N2/c1-7-14-22(8-2,9-3)19-15-21(24(6)16-19)18(5)23-20-13-11-10-12-17(20)4/h10-13,19,21,23H,5,7-9,14-16H2,1-4,6H3. The minimum absolute atomic E-state index is 0.434. The van der Waals surface area contributed by atoms with Crippen molar-refractivity contribution < 1.29 is 0 Å². The van der Waals surface area contributed by atoms with Gasteiger partial charge in [-0.3, -0.25) is 4.90 Å². The second-order valence-electron chi connectivity index (χ2n) is 7.67. The van der Waals surface area contributed by atoms with Gasteiger partial charge in [0.1, 0.15) is 0 Å². The lowest BCUT2D eigenvalue weighted by molar-refractivity contribution is 0.131. The van der Waals surface area contributed by atoms with Crippen LogP contribution in [0.3, 0.4) is 0 Å². The zero-order valence-corrected chi connectivity index (χ0v) is 16.4. The van der Waals surface area contributed by atoms with Crippen molar-refractivity contribution in [1.82, 2.24) is 4.90 Å². The summed E-state index contributed by atoms with van der Waals surface area (Å²) in [6, 6.07) is 8.90. The van der Waals surface area contributed by atoms with Crippen LogP contribution in [0.4, 0.5) is 5.69 Å². The Balaban J connectivity index is 2.10. The van der Waals surface area contributed by atoms with Gasteiger partial charge >= 0.3 is 0 Å². The quantitative estimate of drug-likeness (QED) is 0.644. The molecule has 0 radical (unpaired) electrons. The molecule has 2 heteroatoms. The van der Waals surface area contributed by atoms with Crippen LogP contribution in [0.1, 0.15) is 58.4 Å². The maximum absolute atomic E-state index is 4.38. The average molecular weight is 329 g/mol. The fourth-order valence-corrected chi connectivity index (χ4v) is 4.70. The van der Waals surface area contributed by atoms with Crippen molar-refractivity contribution in [1.29, 1.82) is 0 Å². The van der Waals surface area contributed by atoms with E-state index in [2.05, 4.69) is 75.8 Å². The zero-order chi connectivity index (χ0) is 17.7. The lowest BCUT2D eigenvalue weighted by Crippen LogP contribution is -2.31. The van der Waals surface area contributed by atoms with Crippen LogP contribution in [0.25, 0.3) is 0 Å². The number of hydrogen-bond donors (Lipinski definition) is 1. The van der Waals surface area contributed by atoms with Crippen LogP contribution in [0.15, 0.2) is 36.5 Å². The highest BCUT2D eigenvalue weighted by molar-refractivity contribution is 5.54. The second-order valence-corrected chi connectivity index (χ2v) is 7.67. The van der Waals surface area contributed by atoms with Crippen molar-refractivity contribution >= 4 is 5.69 Å².